The van der Waals surface area contributed by atoms with Crippen LogP contribution in [-0.4, -0.2) is 74.8 Å². The molecule has 5 atom stereocenters. The normalized spacial score (nSPS) is 20.8. The summed E-state index contributed by atoms with van der Waals surface area (Å²) < 4.78 is 51.4. The number of alkyl carbamates (subject to hydrolysis) is 1. The Bertz CT molecular complexity index is 1520. The zero-order valence-corrected chi connectivity index (χ0v) is 27.0. The van der Waals surface area contributed by atoms with Crippen LogP contribution in [0.3, 0.4) is 0 Å². The summed E-state index contributed by atoms with van der Waals surface area (Å²) in [5.74, 6) is 0.591. The number of rotatable bonds is 14. The minimum Gasteiger partial charge on any atom is -0.489 e. The third-order valence-electron chi connectivity index (χ3n) is 8.12. The van der Waals surface area contributed by atoms with Crippen molar-refractivity contribution in [1.29, 1.82) is 0 Å². The number of carbonyl (C=O) groups excluding carboxylic acids is 1. The molecule has 4 N–H and O–H groups in total. The molecule has 3 aromatic rings. The maximum Gasteiger partial charge on any atom is 0.407 e. The predicted molar refractivity (Wildman–Crippen MR) is 172 cm³/mol. The first-order valence-corrected chi connectivity index (χ1v) is 17.0. The van der Waals surface area contributed by atoms with Gasteiger partial charge in [-0.15, -0.1) is 0 Å². The van der Waals surface area contributed by atoms with E-state index in [4.69, 9.17) is 24.7 Å². The maximum absolute atomic E-state index is 13.7. The smallest absolute Gasteiger partial charge is 0.407 e. The van der Waals surface area contributed by atoms with E-state index < -0.39 is 34.4 Å². The van der Waals surface area contributed by atoms with Crippen LogP contribution in [0.1, 0.15) is 31.4 Å². The van der Waals surface area contributed by atoms with Gasteiger partial charge in [0.15, 0.2) is 6.29 Å². The predicted octanol–water partition coefficient (Wildman–Crippen LogP) is 3.95. The van der Waals surface area contributed by atoms with E-state index in [1.807, 2.05) is 68.4 Å². The van der Waals surface area contributed by atoms with Crippen molar-refractivity contribution in [1.82, 2.24) is 9.62 Å². The molecule has 1 unspecified atom stereocenters. The highest BCUT2D eigenvalue weighted by Crippen LogP contribution is 2.33. The number of sulfonamides is 1. The first-order chi connectivity index (χ1) is 22.1. The molecular formula is C34H43N3O8S. The quantitative estimate of drug-likeness (QED) is 0.220. The van der Waals surface area contributed by atoms with E-state index in [-0.39, 0.29) is 49.1 Å². The Labute approximate surface area is 270 Å². The van der Waals surface area contributed by atoms with Crippen LogP contribution in [0.2, 0.25) is 0 Å². The van der Waals surface area contributed by atoms with Crippen molar-refractivity contribution >= 4 is 21.8 Å². The standard InChI is InChI=1S/C34H43N3O8S/c1-23(2)19-37(46(40,41)28-14-10-26(35)11-15-28)20-31(38)30(36-34(39)45-32-22-44-33-29(32)16-17-42-33)18-24-8-12-27(13-9-24)43-21-25-6-4-3-5-7-25/h3-15,23,29-33,38H,16-22,35H2,1-2H3,(H,36,39)/t29-,30-,31+,32?,33+/m0/s1. The summed E-state index contributed by atoms with van der Waals surface area (Å²) in [4.78, 5) is 13.2. The molecule has 248 valence electrons. The van der Waals surface area contributed by atoms with E-state index in [1.165, 1.54) is 28.6 Å². The summed E-state index contributed by atoms with van der Waals surface area (Å²) in [6.07, 6.45) is -1.92. The largest absolute Gasteiger partial charge is 0.489 e. The van der Waals surface area contributed by atoms with Crippen molar-refractivity contribution in [2.24, 2.45) is 11.8 Å². The topological polar surface area (TPSA) is 150 Å². The molecule has 11 nitrogen and oxygen atoms in total. The van der Waals surface area contributed by atoms with Crippen LogP contribution >= 0.6 is 0 Å². The summed E-state index contributed by atoms with van der Waals surface area (Å²) in [6, 6.07) is 22.3. The molecule has 0 aliphatic carbocycles. The van der Waals surface area contributed by atoms with Crippen molar-refractivity contribution in [3.8, 4) is 5.75 Å². The lowest BCUT2D eigenvalue weighted by molar-refractivity contribution is -0.0907. The second kappa shape index (κ2) is 15.3. The van der Waals surface area contributed by atoms with Gasteiger partial charge >= 0.3 is 6.09 Å². The SMILES string of the molecule is CC(C)CN(C[C@@H](O)[C@H](Cc1ccc(OCc2ccccc2)cc1)NC(=O)OC1CO[C@H]2OCC[C@@H]12)S(=O)(=O)c1ccc(N)cc1. The van der Waals surface area contributed by atoms with Crippen LogP contribution in [0.15, 0.2) is 83.8 Å². The number of fused-ring (bicyclic) bond motifs is 1. The molecule has 2 aliphatic heterocycles. The van der Waals surface area contributed by atoms with Crippen LogP contribution in [0.4, 0.5) is 10.5 Å². The lowest BCUT2D eigenvalue weighted by Crippen LogP contribution is -2.51. The Morgan fingerprint density at radius 3 is 2.41 bits per heavy atom. The summed E-state index contributed by atoms with van der Waals surface area (Å²) in [7, 11) is -3.98. The Balaban J connectivity index is 1.31. The van der Waals surface area contributed by atoms with E-state index >= 15 is 0 Å². The number of nitrogen functional groups attached to an aromatic ring is 1. The van der Waals surface area contributed by atoms with Crippen molar-refractivity contribution in [3.63, 3.8) is 0 Å². The minimum atomic E-state index is -3.98. The number of nitrogens with zero attached hydrogens (tertiary/aromatic N) is 1. The summed E-state index contributed by atoms with van der Waals surface area (Å²) >= 11 is 0. The molecule has 3 aromatic carbocycles. The van der Waals surface area contributed by atoms with Gasteiger partial charge in [-0.25, -0.2) is 13.2 Å². The van der Waals surface area contributed by atoms with Crippen molar-refractivity contribution < 1.29 is 37.3 Å². The second-order valence-corrected chi connectivity index (χ2v) is 14.1. The summed E-state index contributed by atoms with van der Waals surface area (Å²) in [5.41, 5.74) is 8.07. The third kappa shape index (κ3) is 8.77. The van der Waals surface area contributed by atoms with E-state index in [2.05, 4.69) is 5.32 Å². The molecule has 12 heteroatoms. The van der Waals surface area contributed by atoms with Crippen LogP contribution in [0.25, 0.3) is 0 Å². The summed E-state index contributed by atoms with van der Waals surface area (Å²) in [6.45, 7) is 4.89. The Kier molecular flexibility index (Phi) is 11.2. The highest BCUT2D eigenvalue weighted by atomic mass is 32.2. The molecule has 2 aliphatic rings. The zero-order valence-electron chi connectivity index (χ0n) is 26.2. The van der Waals surface area contributed by atoms with Gasteiger partial charge in [0.2, 0.25) is 10.0 Å². The van der Waals surface area contributed by atoms with E-state index in [0.29, 0.717) is 24.7 Å². The molecule has 1 amide bonds. The Hall–Kier alpha value is -3.68. The lowest BCUT2D eigenvalue weighted by atomic mass is 10.0. The molecular weight excluding hydrogens is 610 g/mol. The molecule has 2 heterocycles. The van der Waals surface area contributed by atoms with Crippen molar-refractivity contribution in [2.75, 3.05) is 32.0 Å². The Morgan fingerprint density at radius 1 is 1.00 bits per heavy atom. The number of carbonyl (C=O) groups is 1. The fourth-order valence-electron chi connectivity index (χ4n) is 5.67. The number of benzene rings is 3. The number of hydrogen-bond donors (Lipinski definition) is 3. The van der Waals surface area contributed by atoms with Crippen LogP contribution in [-0.2, 0) is 37.3 Å². The molecule has 46 heavy (non-hydrogen) atoms. The van der Waals surface area contributed by atoms with Crippen molar-refractivity contribution in [2.45, 2.75) is 62.7 Å². The third-order valence-corrected chi connectivity index (χ3v) is 9.96. The van der Waals surface area contributed by atoms with Gasteiger partial charge in [-0.05, 0) is 66.3 Å². The maximum atomic E-state index is 13.7. The van der Waals surface area contributed by atoms with E-state index in [0.717, 1.165) is 17.5 Å². The first-order valence-electron chi connectivity index (χ1n) is 15.6. The van der Waals surface area contributed by atoms with Gasteiger partial charge in [0.05, 0.1) is 36.2 Å². The average molecular weight is 654 g/mol. The van der Waals surface area contributed by atoms with Crippen LogP contribution in [0.5, 0.6) is 5.75 Å². The number of nitrogens with one attached hydrogen (secondary N) is 1. The highest BCUT2D eigenvalue weighted by molar-refractivity contribution is 7.89. The molecule has 0 spiro atoms. The van der Waals surface area contributed by atoms with Gasteiger partial charge in [0.25, 0.3) is 0 Å². The van der Waals surface area contributed by atoms with Gasteiger partial charge in [0.1, 0.15) is 18.5 Å². The first kappa shape index (κ1) is 33.7. The molecule has 2 fully saturated rings. The van der Waals surface area contributed by atoms with Gasteiger partial charge in [-0.1, -0.05) is 56.3 Å². The number of hydrogen-bond acceptors (Lipinski definition) is 9. The fraction of sp³-hybridized carbons (Fsp3) is 0.441. The van der Waals surface area contributed by atoms with Gasteiger partial charge in [-0.2, -0.15) is 4.31 Å². The summed E-state index contributed by atoms with van der Waals surface area (Å²) in [5, 5.41) is 14.4. The zero-order chi connectivity index (χ0) is 32.7. The lowest BCUT2D eigenvalue weighted by Gasteiger charge is -2.31. The Morgan fingerprint density at radius 2 is 1.72 bits per heavy atom. The average Bonchev–Trinajstić information content (AvgIpc) is 3.66. The van der Waals surface area contributed by atoms with Gasteiger partial charge < -0.3 is 35.1 Å². The molecule has 0 saturated carbocycles. The number of anilines is 1. The molecule has 5 rings (SSSR count). The number of aliphatic hydroxyl groups is 1. The second-order valence-electron chi connectivity index (χ2n) is 12.2. The number of amides is 1. The monoisotopic (exact) mass is 653 g/mol. The molecule has 0 radical (unpaired) electrons. The minimum absolute atomic E-state index is 0.0282. The number of aliphatic hydroxyl groups excluding tert-OH is 1. The van der Waals surface area contributed by atoms with E-state index in [1.54, 1.807) is 0 Å². The van der Waals surface area contributed by atoms with Crippen LogP contribution < -0.4 is 15.8 Å². The van der Waals surface area contributed by atoms with Crippen molar-refractivity contribution in [3.05, 3.63) is 90.0 Å². The van der Waals surface area contributed by atoms with Crippen LogP contribution in [0, 0.1) is 11.8 Å². The highest BCUT2D eigenvalue weighted by Gasteiger charge is 2.44. The van der Waals surface area contributed by atoms with Gasteiger partial charge in [0, 0.05) is 18.8 Å². The molecule has 0 aromatic heterocycles. The number of ether oxygens (including phenoxy) is 4. The van der Waals surface area contributed by atoms with Gasteiger partial charge in [-0.3, -0.25) is 0 Å². The molecule has 0 bridgehead atoms. The number of nitrogens with two attached hydrogens (primary N) is 1. The molecule has 2 saturated heterocycles. The van der Waals surface area contributed by atoms with E-state index in [9.17, 15) is 18.3 Å². The fourth-order valence-corrected chi connectivity index (χ4v) is 7.29.